The third-order valence-electron chi connectivity index (χ3n) is 5.29. The van der Waals surface area contributed by atoms with Crippen molar-refractivity contribution in [3.05, 3.63) is 82.4 Å². The van der Waals surface area contributed by atoms with E-state index in [2.05, 4.69) is 89.2 Å². The minimum atomic E-state index is 1.01. The van der Waals surface area contributed by atoms with Crippen molar-refractivity contribution in [1.29, 1.82) is 0 Å². The summed E-state index contributed by atoms with van der Waals surface area (Å²) >= 11 is 0. The van der Waals surface area contributed by atoms with E-state index in [4.69, 9.17) is 0 Å². The largest absolute Gasteiger partial charge is 0.0613 e. The summed E-state index contributed by atoms with van der Waals surface area (Å²) in [6, 6.07) is 21.7. The average molecular weight is 342 g/mol. The molecular weight excluding hydrogens is 312 g/mol. The van der Waals surface area contributed by atoms with Gasteiger partial charge in [-0.25, -0.2) is 0 Å². The molecule has 0 amide bonds. The second kappa shape index (κ2) is 7.91. The van der Waals surface area contributed by atoms with E-state index in [-0.39, 0.29) is 0 Å². The van der Waals surface area contributed by atoms with Crippen LogP contribution in [0.25, 0.3) is 22.3 Å². The highest BCUT2D eigenvalue weighted by atomic mass is 14.2. The molecule has 0 aliphatic carbocycles. The van der Waals surface area contributed by atoms with Crippen molar-refractivity contribution in [2.75, 3.05) is 0 Å². The fraction of sp³-hybridized carbons (Fsp3) is 0.308. The lowest BCUT2D eigenvalue weighted by molar-refractivity contribution is 1.02. The monoisotopic (exact) mass is 341 g/mol. The minimum Gasteiger partial charge on any atom is -0.0613 e. The predicted octanol–water partition coefficient (Wildman–Crippen LogP) is 7.12. The molecule has 0 saturated carbocycles. The number of benzene rings is 3. The first kappa shape index (κ1) is 18.5. The number of rotatable bonds is 5. The molecule has 3 aromatic carbocycles. The summed E-state index contributed by atoms with van der Waals surface area (Å²) in [4.78, 5) is 0. The highest BCUT2D eigenvalue weighted by molar-refractivity contribution is 5.82. The van der Waals surface area contributed by atoms with Crippen LogP contribution in [0.15, 0.2) is 48.5 Å². The SMILES string of the molecule is CCc1[c]c(-c2ccc(C)cc2)c(CC)c(-c2ccc(C)cc2)c1CC. The number of hydrogen-bond donors (Lipinski definition) is 0. The quantitative estimate of drug-likeness (QED) is 0.463. The lowest BCUT2D eigenvalue weighted by Crippen LogP contribution is -2.03. The van der Waals surface area contributed by atoms with E-state index in [0.717, 1.165) is 19.3 Å². The lowest BCUT2D eigenvalue weighted by Gasteiger charge is -2.21. The smallest absolute Gasteiger partial charge is 0.00582 e. The van der Waals surface area contributed by atoms with Gasteiger partial charge < -0.3 is 0 Å². The third kappa shape index (κ3) is 3.46. The molecular formula is C26H29. The van der Waals surface area contributed by atoms with Crippen molar-refractivity contribution >= 4 is 0 Å². The van der Waals surface area contributed by atoms with Crippen molar-refractivity contribution in [2.24, 2.45) is 0 Å². The van der Waals surface area contributed by atoms with E-state index < -0.39 is 0 Å². The molecule has 0 nitrogen and oxygen atoms in total. The predicted molar refractivity (Wildman–Crippen MR) is 114 cm³/mol. The first-order valence-corrected chi connectivity index (χ1v) is 9.82. The van der Waals surface area contributed by atoms with Crippen molar-refractivity contribution in [3.63, 3.8) is 0 Å². The standard InChI is InChI=1S/C26H29/c1-6-20-17-25(21-13-9-18(4)10-14-21)24(8-3)26(23(20)7-2)22-15-11-19(5)12-16-22/h9-16H,6-8H2,1-5H3. The second-order valence-corrected chi connectivity index (χ2v) is 7.10. The summed E-state index contributed by atoms with van der Waals surface area (Å²) in [7, 11) is 0. The lowest BCUT2D eigenvalue weighted by atomic mass is 9.82. The molecule has 0 bridgehead atoms. The molecule has 0 spiro atoms. The normalized spacial score (nSPS) is 11.0. The van der Waals surface area contributed by atoms with Crippen LogP contribution in [-0.2, 0) is 19.3 Å². The summed E-state index contributed by atoms with van der Waals surface area (Å²) in [6.45, 7) is 11.1. The average Bonchev–Trinajstić information content (AvgIpc) is 2.67. The van der Waals surface area contributed by atoms with E-state index in [9.17, 15) is 0 Å². The van der Waals surface area contributed by atoms with E-state index >= 15 is 0 Å². The van der Waals surface area contributed by atoms with Crippen molar-refractivity contribution < 1.29 is 0 Å². The van der Waals surface area contributed by atoms with Gasteiger partial charge in [0, 0.05) is 0 Å². The molecule has 3 aromatic rings. The third-order valence-corrected chi connectivity index (χ3v) is 5.29. The van der Waals surface area contributed by atoms with Gasteiger partial charge in [0.25, 0.3) is 0 Å². The van der Waals surface area contributed by atoms with Gasteiger partial charge in [-0.2, -0.15) is 0 Å². The van der Waals surface area contributed by atoms with Crippen LogP contribution in [0.5, 0.6) is 0 Å². The Morgan fingerprint density at radius 3 is 1.58 bits per heavy atom. The van der Waals surface area contributed by atoms with Gasteiger partial charge in [-0.1, -0.05) is 80.4 Å². The van der Waals surface area contributed by atoms with Gasteiger partial charge >= 0.3 is 0 Å². The topological polar surface area (TPSA) is 0 Å². The van der Waals surface area contributed by atoms with Crippen molar-refractivity contribution in [3.8, 4) is 22.3 Å². The Morgan fingerprint density at radius 2 is 1.12 bits per heavy atom. The molecule has 0 fully saturated rings. The molecule has 0 saturated heterocycles. The summed E-state index contributed by atoms with van der Waals surface area (Å²) in [5, 5.41) is 0. The molecule has 0 atom stereocenters. The molecule has 133 valence electrons. The van der Waals surface area contributed by atoms with Crippen LogP contribution in [0, 0.1) is 19.9 Å². The Hall–Kier alpha value is -2.34. The molecule has 0 aromatic heterocycles. The van der Waals surface area contributed by atoms with Crippen LogP contribution in [0.3, 0.4) is 0 Å². The maximum atomic E-state index is 3.79. The summed E-state index contributed by atoms with van der Waals surface area (Å²) in [5.41, 5.74) is 12.2. The first-order chi connectivity index (χ1) is 12.6. The first-order valence-electron chi connectivity index (χ1n) is 9.82. The van der Waals surface area contributed by atoms with E-state index in [1.165, 1.54) is 50.1 Å². The number of hydrogen-bond acceptors (Lipinski definition) is 0. The Kier molecular flexibility index (Phi) is 5.61. The molecule has 0 aliphatic rings. The molecule has 0 heterocycles. The van der Waals surface area contributed by atoms with Gasteiger partial charge in [0.05, 0.1) is 0 Å². The number of aryl methyl sites for hydroxylation is 3. The van der Waals surface area contributed by atoms with Gasteiger partial charge in [-0.15, -0.1) is 0 Å². The summed E-state index contributed by atoms with van der Waals surface area (Å²) < 4.78 is 0. The van der Waals surface area contributed by atoms with Gasteiger partial charge in [-0.3, -0.25) is 0 Å². The van der Waals surface area contributed by atoms with Crippen LogP contribution in [-0.4, -0.2) is 0 Å². The molecule has 0 unspecified atom stereocenters. The Labute approximate surface area is 158 Å². The van der Waals surface area contributed by atoms with Crippen molar-refractivity contribution in [1.82, 2.24) is 0 Å². The van der Waals surface area contributed by atoms with Gasteiger partial charge in [0.1, 0.15) is 0 Å². The molecule has 3 rings (SSSR count). The summed E-state index contributed by atoms with van der Waals surface area (Å²) in [5.74, 6) is 0. The van der Waals surface area contributed by atoms with E-state index in [0.29, 0.717) is 0 Å². The fourth-order valence-corrected chi connectivity index (χ4v) is 3.84. The zero-order valence-corrected chi connectivity index (χ0v) is 16.7. The zero-order valence-electron chi connectivity index (χ0n) is 16.7. The van der Waals surface area contributed by atoms with E-state index in [1.807, 2.05) is 0 Å². The van der Waals surface area contributed by atoms with Gasteiger partial charge in [-0.05, 0) is 78.1 Å². The zero-order chi connectivity index (χ0) is 18.7. The van der Waals surface area contributed by atoms with Crippen molar-refractivity contribution in [2.45, 2.75) is 53.9 Å². The molecule has 0 N–H and O–H groups in total. The maximum absolute atomic E-state index is 3.79. The summed E-state index contributed by atoms with van der Waals surface area (Å²) in [6.07, 6.45) is 3.08. The fourth-order valence-electron chi connectivity index (χ4n) is 3.84. The Balaban J connectivity index is 2.34. The maximum Gasteiger partial charge on any atom is -0.00582 e. The Morgan fingerprint density at radius 1 is 0.615 bits per heavy atom. The van der Waals surface area contributed by atoms with Gasteiger partial charge in [0.2, 0.25) is 0 Å². The second-order valence-electron chi connectivity index (χ2n) is 7.10. The molecule has 0 aliphatic heterocycles. The highest BCUT2D eigenvalue weighted by Gasteiger charge is 2.18. The van der Waals surface area contributed by atoms with Crippen LogP contribution in [0.1, 0.15) is 48.6 Å². The molecule has 0 heteroatoms. The van der Waals surface area contributed by atoms with Crippen LogP contribution in [0.4, 0.5) is 0 Å². The van der Waals surface area contributed by atoms with Gasteiger partial charge in [0.15, 0.2) is 0 Å². The Bertz CT molecular complexity index is 881. The van der Waals surface area contributed by atoms with Crippen LogP contribution in [0.2, 0.25) is 0 Å². The van der Waals surface area contributed by atoms with Crippen LogP contribution < -0.4 is 0 Å². The highest BCUT2D eigenvalue weighted by Crippen LogP contribution is 2.38. The molecule has 26 heavy (non-hydrogen) atoms. The van der Waals surface area contributed by atoms with E-state index in [1.54, 1.807) is 0 Å². The van der Waals surface area contributed by atoms with Crippen LogP contribution >= 0.6 is 0 Å². The molecule has 1 radical (unpaired) electrons. The minimum absolute atomic E-state index is 1.01.